The molecule has 2 rings (SSSR count). The summed E-state index contributed by atoms with van der Waals surface area (Å²) >= 11 is 0. The van der Waals surface area contributed by atoms with Crippen LogP contribution in [0.3, 0.4) is 0 Å². The van der Waals surface area contributed by atoms with E-state index in [1.807, 2.05) is 39.0 Å². The zero-order valence-corrected chi connectivity index (χ0v) is 13.7. The number of hydrogen-bond donors (Lipinski definition) is 1. The van der Waals surface area contributed by atoms with Gasteiger partial charge in [0.25, 0.3) is 0 Å². The number of carbonyl (C=O) groups is 2. The molecule has 1 N–H and O–H groups in total. The van der Waals surface area contributed by atoms with Gasteiger partial charge in [-0.05, 0) is 23.1 Å². The molecule has 0 fully saturated rings. The van der Waals surface area contributed by atoms with Crippen molar-refractivity contribution < 1.29 is 14.3 Å². The minimum absolute atomic E-state index is 0.0294. The van der Waals surface area contributed by atoms with Gasteiger partial charge in [-0.15, -0.1) is 0 Å². The van der Waals surface area contributed by atoms with Crippen LogP contribution in [0.4, 0.5) is 5.69 Å². The van der Waals surface area contributed by atoms with Crippen molar-refractivity contribution in [2.75, 3.05) is 18.6 Å². The number of benzene rings is 1. The molecule has 1 aromatic carbocycles. The molecule has 1 aliphatic rings. The van der Waals surface area contributed by atoms with Crippen molar-refractivity contribution >= 4 is 17.5 Å². The Morgan fingerprint density at radius 1 is 1.36 bits per heavy atom. The van der Waals surface area contributed by atoms with E-state index in [-0.39, 0.29) is 17.2 Å². The standard InChI is InChI=1S/C17H24N2O3/c1-17(2,3)10-15(20)18-11-12-5-6-14-13(9-12)19(4)16(21)7-8-22-14/h5-6,9H,7-8,10-11H2,1-4H3,(H,18,20). The molecule has 22 heavy (non-hydrogen) atoms. The van der Waals surface area contributed by atoms with Gasteiger partial charge in [-0.1, -0.05) is 26.8 Å². The molecular weight excluding hydrogens is 280 g/mol. The first-order valence-electron chi connectivity index (χ1n) is 7.55. The van der Waals surface area contributed by atoms with E-state index in [0.717, 1.165) is 11.3 Å². The third-order valence-corrected chi connectivity index (χ3v) is 3.51. The highest BCUT2D eigenvalue weighted by atomic mass is 16.5. The van der Waals surface area contributed by atoms with Crippen LogP contribution in [0, 0.1) is 5.41 Å². The van der Waals surface area contributed by atoms with Gasteiger partial charge in [-0.25, -0.2) is 0 Å². The molecule has 0 unspecified atom stereocenters. The van der Waals surface area contributed by atoms with Gasteiger partial charge in [-0.3, -0.25) is 9.59 Å². The first kappa shape index (κ1) is 16.3. The van der Waals surface area contributed by atoms with Gasteiger partial charge >= 0.3 is 0 Å². The second-order valence-corrected chi connectivity index (χ2v) is 6.87. The fourth-order valence-corrected chi connectivity index (χ4v) is 2.35. The van der Waals surface area contributed by atoms with E-state index >= 15 is 0 Å². The normalized spacial score (nSPS) is 14.9. The Labute approximate surface area is 131 Å². The molecule has 0 radical (unpaired) electrons. The maximum atomic E-state index is 11.9. The molecule has 1 heterocycles. The van der Waals surface area contributed by atoms with E-state index in [0.29, 0.717) is 31.7 Å². The third kappa shape index (κ3) is 4.23. The van der Waals surface area contributed by atoms with Crippen molar-refractivity contribution in [2.45, 2.75) is 40.2 Å². The summed E-state index contributed by atoms with van der Waals surface area (Å²) in [5.41, 5.74) is 1.68. The minimum Gasteiger partial charge on any atom is -0.491 e. The smallest absolute Gasteiger partial charge is 0.230 e. The summed E-state index contributed by atoms with van der Waals surface area (Å²) in [6, 6.07) is 5.67. The molecule has 0 saturated heterocycles. The van der Waals surface area contributed by atoms with E-state index < -0.39 is 0 Å². The quantitative estimate of drug-likeness (QED) is 0.933. The van der Waals surface area contributed by atoms with Crippen LogP contribution in [0.1, 0.15) is 39.2 Å². The number of anilines is 1. The Hall–Kier alpha value is -2.04. The second-order valence-electron chi connectivity index (χ2n) is 6.87. The van der Waals surface area contributed by atoms with Gasteiger partial charge in [0.2, 0.25) is 11.8 Å². The highest BCUT2D eigenvalue weighted by Crippen LogP contribution is 2.31. The summed E-state index contributed by atoms with van der Waals surface area (Å²) in [4.78, 5) is 25.4. The van der Waals surface area contributed by atoms with E-state index in [4.69, 9.17) is 4.74 Å². The van der Waals surface area contributed by atoms with Gasteiger partial charge in [0.05, 0.1) is 18.7 Å². The number of carbonyl (C=O) groups excluding carboxylic acids is 2. The summed E-state index contributed by atoms with van der Waals surface area (Å²) in [7, 11) is 1.75. The van der Waals surface area contributed by atoms with Crippen molar-refractivity contribution in [1.82, 2.24) is 5.32 Å². The fourth-order valence-electron chi connectivity index (χ4n) is 2.35. The van der Waals surface area contributed by atoms with E-state index in [1.54, 1.807) is 11.9 Å². The monoisotopic (exact) mass is 304 g/mol. The Morgan fingerprint density at radius 2 is 2.09 bits per heavy atom. The van der Waals surface area contributed by atoms with Crippen molar-refractivity contribution in [1.29, 1.82) is 0 Å². The molecule has 2 amide bonds. The van der Waals surface area contributed by atoms with Crippen molar-refractivity contribution in [3.8, 4) is 5.75 Å². The lowest BCUT2D eigenvalue weighted by molar-refractivity contribution is -0.123. The summed E-state index contributed by atoms with van der Waals surface area (Å²) in [5.74, 6) is 0.772. The highest BCUT2D eigenvalue weighted by Gasteiger charge is 2.20. The molecule has 5 heteroatoms. The Kier molecular flexibility index (Phi) is 4.74. The lowest BCUT2D eigenvalue weighted by atomic mass is 9.92. The maximum Gasteiger partial charge on any atom is 0.230 e. The number of hydrogen-bond acceptors (Lipinski definition) is 3. The SMILES string of the molecule is CN1C(=O)CCOc2ccc(CNC(=O)CC(C)(C)C)cc21. The van der Waals surface area contributed by atoms with Crippen molar-refractivity contribution in [3.63, 3.8) is 0 Å². The van der Waals surface area contributed by atoms with Crippen LogP contribution >= 0.6 is 0 Å². The van der Waals surface area contributed by atoms with Crippen LogP contribution in [0.5, 0.6) is 5.75 Å². The Balaban J connectivity index is 2.06. The number of nitrogens with one attached hydrogen (secondary N) is 1. The van der Waals surface area contributed by atoms with Gasteiger partial charge < -0.3 is 15.0 Å². The third-order valence-electron chi connectivity index (χ3n) is 3.51. The molecule has 0 aliphatic carbocycles. The molecule has 1 aliphatic heterocycles. The molecule has 5 nitrogen and oxygen atoms in total. The minimum atomic E-state index is -0.0294. The molecule has 120 valence electrons. The van der Waals surface area contributed by atoms with Crippen molar-refractivity contribution in [3.05, 3.63) is 23.8 Å². The molecule has 0 bridgehead atoms. The molecular formula is C17H24N2O3. The highest BCUT2D eigenvalue weighted by molar-refractivity contribution is 5.95. The van der Waals surface area contributed by atoms with Gasteiger partial charge in [0, 0.05) is 20.0 Å². The lowest BCUT2D eigenvalue weighted by Crippen LogP contribution is -2.27. The predicted octanol–water partition coefficient (Wildman–Crippen LogP) is 2.48. The summed E-state index contributed by atoms with van der Waals surface area (Å²) < 4.78 is 5.59. The average molecular weight is 304 g/mol. The van der Waals surface area contributed by atoms with E-state index in [9.17, 15) is 9.59 Å². The first-order chi connectivity index (χ1) is 10.3. The van der Waals surface area contributed by atoms with Crippen LogP contribution in [-0.4, -0.2) is 25.5 Å². The molecule has 0 spiro atoms. The van der Waals surface area contributed by atoms with Gasteiger partial charge in [-0.2, -0.15) is 0 Å². The van der Waals surface area contributed by atoms with E-state index in [1.165, 1.54) is 0 Å². The zero-order chi connectivity index (χ0) is 16.3. The second kappa shape index (κ2) is 6.38. The van der Waals surface area contributed by atoms with Crippen LogP contribution in [0.25, 0.3) is 0 Å². The van der Waals surface area contributed by atoms with Gasteiger partial charge in [0.15, 0.2) is 0 Å². The largest absolute Gasteiger partial charge is 0.491 e. The number of rotatable bonds is 3. The topological polar surface area (TPSA) is 58.6 Å². The lowest BCUT2D eigenvalue weighted by Gasteiger charge is -2.19. The Morgan fingerprint density at radius 3 is 2.77 bits per heavy atom. The fraction of sp³-hybridized carbons (Fsp3) is 0.529. The van der Waals surface area contributed by atoms with Crippen LogP contribution in [-0.2, 0) is 16.1 Å². The van der Waals surface area contributed by atoms with Crippen LogP contribution < -0.4 is 15.0 Å². The summed E-state index contributed by atoms with van der Waals surface area (Å²) in [6.45, 7) is 6.95. The zero-order valence-electron chi connectivity index (χ0n) is 13.7. The summed E-state index contributed by atoms with van der Waals surface area (Å²) in [5, 5.41) is 2.92. The number of amides is 2. The number of nitrogens with zero attached hydrogens (tertiary/aromatic N) is 1. The summed E-state index contributed by atoms with van der Waals surface area (Å²) in [6.07, 6.45) is 0.863. The number of ether oxygens (including phenoxy) is 1. The predicted molar refractivity (Wildman–Crippen MR) is 85.9 cm³/mol. The number of fused-ring (bicyclic) bond motifs is 1. The Bertz CT molecular complexity index is 576. The van der Waals surface area contributed by atoms with Crippen molar-refractivity contribution in [2.24, 2.45) is 5.41 Å². The molecule has 0 atom stereocenters. The van der Waals surface area contributed by atoms with Crippen LogP contribution in [0.2, 0.25) is 0 Å². The van der Waals surface area contributed by atoms with Crippen LogP contribution in [0.15, 0.2) is 18.2 Å². The maximum absolute atomic E-state index is 11.9. The van der Waals surface area contributed by atoms with Gasteiger partial charge in [0.1, 0.15) is 5.75 Å². The first-order valence-corrected chi connectivity index (χ1v) is 7.55. The molecule has 0 aromatic heterocycles. The molecule has 0 saturated carbocycles. The van der Waals surface area contributed by atoms with E-state index in [2.05, 4.69) is 5.32 Å². The molecule has 1 aromatic rings. The average Bonchev–Trinajstić information content (AvgIpc) is 2.55.